The minimum absolute atomic E-state index is 0.175. The largest absolute Gasteiger partial charge is 0.466 e. The molecule has 1 saturated carbocycles. The second-order valence-electron chi connectivity index (χ2n) is 4.24. The number of esters is 2. The molecule has 0 bridgehead atoms. The van der Waals surface area contributed by atoms with Gasteiger partial charge in [0.1, 0.15) is 5.60 Å². The van der Waals surface area contributed by atoms with Gasteiger partial charge in [-0.25, -0.2) is 0 Å². The van der Waals surface area contributed by atoms with Crippen LogP contribution in [0.25, 0.3) is 0 Å². The summed E-state index contributed by atoms with van der Waals surface area (Å²) >= 11 is 0. The Hall–Kier alpha value is -1.06. The summed E-state index contributed by atoms with van der Waals surface area (Å²) in [5, 5.41) is 0. The summed E-state index contributed by atoms with van der Waals surface area (Å²) in [6.07, 6.45) is 3.65. The smallest absolute Gasteiger partial charge is 0.312 e. The summed E-state index contributed by atoms with van der Waals surface area (Å²) in [6.45, 7) is 2.18. The number of ether oxygens (including phenoxy) is 2. The van der Waals surface area contributed by atoms with Crippen LogP contribution in [0.2, 0.25) is 0 Å². The van der Waals surface area contributed by atoms with Crippen molar-refractivity contribution in [3.63, 3.8) is 0 Å². The third-order valence-electron chi connectivity index (χ3n) is 3.37. The van der Waals surface area contributed by atoms with Gasteiger partial charge in [0.05, 0.1) is 12.5 Å². The summed E-state index contributed by atoms with van der Waals surface area (Å²) in [6, 6.07) is 0. The van der Waals surface area contributed by atoms with E-state index in [1.54, 1.807) is 6.92 Å². The van der Waals surface area contributed by atoms with E-state index in [0.29, 0.717) is 19.4 Å². The van der Waals surface area contributed by atoms with Crippen molar-refractivity contribution in [2.75, 3.05) is 6.61 Å². The highest BCUT2D eigenvalue weighted by molar-refractivity contribution is 5.78. The van der Waals surface area contributed by atoms with Gasteiger partial charge in [-0.3, -0.25) is 9.59 Å². The van der Waals surface area contributed by atoms with Gasteiger partial charge in [-0.1, -0.05) is 0 Å². The number of hydrogen-bond donors (Lipinski definition) is 0. The minimum atomic E-state index is -0.524. The van der Waals surface area contributed by atoms with Gasteiger partial charge in [0.15, 0.2) is 0 Å². The molecule has 2 fully saturated rings. The molecule has 84 valence electrons. The molecule has 0 aromatic rings. The molecule has 1 saturated heterocycles. The molecule has 1 heterocycles. The van der Waals surface area contributed by atoms with E-state index in [9.17, 15) is 9.59 Å². The maximum absolute atomic E-state index is 11.7. The Bertz CT molecular complexity index is 286. The Kier molecular flexibility index (Phi) is 2.67. The first-order valence-electron chi connectivity index (χ1n) is 5.56. The van der Waals surface area contributed by atoms with Crippen LogP contribution in [0.15, 0.2) is 0 Å². The fraction of sp³-hybridized carbons (Fsp3) is 0.818. The quantitative estimate of drug-likeness (QED) is 0.650. The molecule has 0 radical (unpaired) electrons. The number of carbonyl (C=O) groups excluding carboxylic acids is 2. The summed E-state index contributed by atoms with van der Waals surface area (Å²) in [5.41, 5.74) is -0.524. The maximum Gasteiger partial charge on any atom is 0.312 e. The zero-order valence-corrected chi connectivity index (χ0v) is 8.95. The Morgan fingerprint density at radius 2 is 2.40 bits per heavy atom. The van der Waals surface area contributed by atoms with E-state index in [0.717, 1.165) is 19.3 Å². The van der Waals surface area contributed by atoms with E-state index < -0.39 is 5.60 Å². The molecule has 4 heteroatoms. The summed E-state index contributed by atoms with van der Waals surface area (Å²) in [4.78, 5) is 22.9. The van der Waals surface area contributed by atoms with Crippen LogP contribution in [0.5, 0.6) is 0 Å². The van der Waals surface area contributed by atoms with Gasteiger partial charge in [-0.15, -0.1) is 0 Å². The van der Waals surface area contributed by atoms with E-state index in [1.165, 1.54) is 0 Å². The Morgan fingerprint density at radius 3 is 3.00 bits per heavy atom. The highest BCUT2D eigenvalue weighted by atomic mass is 16.6. The molecule has 0 amide bonds. The lowest BCUT2D eigenvalue weighted by Crippen LogP contribution is -2.38. The number of carbonyl (C=O) groups is 2. The van der Waals surface area contributed by atoms with Gasteiger partial charge in [0.25, 0.3) is 0 Å². The molecule has 15 heavy (non-hydrogen) atoms. The molecular weight excluding hydrogens is 196 g/mol. The molecule has 1 aliphatic carbocycles. The molecule has 0 N–H and O–H groups in total. The first-order valence-corrected chi connectivity index (χ1v) is 5.56. The fourth-order valence-electron chi connectivity index (χ4n) is 2.68. The van der Waals surface area contributed by atoms with Crippen molar-refractivity contribution in [1.29, 1.82) is 0 Å². The predicted octanol–water partition coefficient (Wildman–Crippen LogP) is 1.43. The van der Waals surface area contributed by atoms with E-state index in [4.69, 9.17) is 9.47 Å². The van der Waals surface area contributed by atoms with Gasteiger partial charge in [0.2, 0.25) is 0 Å². The fourth-order valence-corrected chi connectivity index (χ4v) is 2.68. The van der Waals surface area contributed by atoms with E-state index in [2.05, 4.69) is 0 Å². The van der Waals surface area contributed by atoms with Crippen molar-refractivity contribution in [1.82, 2.24) is 0 Å². The van der Waals surface area contributed by atoms with E-state index in [1.807, 2.05) is 0 Å². The van der Waals surface area contributed by atoms with Gasteiger partial charge in [-0.05, 0) is 32.6 Å². The second kappa shape index (κ2) is 3.83. The zero-order chi connectivity index (χ0) is 10.9. The number of hydrogen-bond acceptors (Lipinski definition) is 4. The topological polar surface area (TPSA) is 52.6 Å². The molecular formula is C11H16O4. The van der Waals surface area contributed by atoms with E-state index in [-0.39, 0.29) is 17.9 Å². The monoisotopic (exact) mass is 212 g/mol. The van der Waals surface area contributed by atoms with Crippen LogP contribution in [0, 0.1) is 5.92 Å². The van der Waals surface area contributed by atoms with Crippen LogP contribution in [-0.4, -0.2) is 24.1 Å². The first-order chi connectivity index (χ1) is 7.18. The van der Waals surface area contributed by atoms with Crippen LogP contribution in [0.4, 0.5) is 0 Å². The average Bonchev–Trinajstić information content (AvgIpc) is 2.75. The normalized spacial score (nSPS) is 34.5. The van der Waals surface area contributed by atoms with Crippen molar-refractivity contribution in [3.8, 4) is 0 Å². The Labute approximate surface area is 88.9 Å². The minimum Gasteiger partial charge on any atom is -0.466 e. The molecule has 1 spiro atoms. The van der Waals surface area contributed by atoms with Crippen LogP contribution in [0.1, 0.15) is 39.0 Å². The molecule has 2 aliphatic rings. The molecule has 0 aromatic heterocycles. The van der Waals surface area contributed by atoms with Crippen LogP contribution >= 0.6 is 0 Å². The van der Waals surface area contributed by atoms with Gasteiger partial charge < -0.3 is 9.47 Å². The molecule has 2 atom stereocenters. The summed E-state index contributed by atoms with van der Waals surface area (Å²) in [7, 11) is 0. The first kappa shape index (κ1) is 10.5. The van der Waals surface area contributed by atoms with Gasteiger partial charge in [-0.2, -0.15) is 0 Å². The summed E-state index contributed by atoms with van der Waals surface area (Å²) in [5.74, 6) is -0.611. The van der Waals surface area contributed by atoms with Crippen LogP contribution in [-0.2, 0) is 19.1 Å². The maximum atomic E-state index is 11.7. The van der Waals surface area contributed by atoms with Gasteiger partial charge >= 0.3 is 11.9 Å². The highest BCUT2D eigenvalue weighted by Crippen LogP contribution is 2.46. The standard InChI is InChI=1S/C11H16O4/c1-2-14-10(13)8-4-3-6-11(8)7-5-9(12)15-11/h8H,2-7H2,1H3. The van der Waals surface area contributed by atoms with Crippen LogP contribution in [0.3, 0.4) is 0 Å². The van der Waals surface area contributed by atoms with Gasteiger partial charge in [0, 0.05) is 6.42 Å². The van der Waals surface area contributed by atoms with Crippen molar-refractivity contribution in [3.05, 3.63) is 0 Å². The van der Waals surface area contributed by atoms with Crippen molar-refractivity contribution in [2.24, 2.45) is 5.92 Å². The molecule has 4 nitrogen and oxygen atoms in total. The lowest BCUT2D eigenvalue weighted by Gasteiger charge is -2.27. The summed E-state index contributed by atoms with van der Waals surface area (Å²) < 4.78 is 10.4. The van der Waals surface area contributed by atoms with Crippen LogP contribution < -0.4 is 0 Å². The highest BCUT2D eigenvalue weighted by Gasteiger charge is 2.53. The number of rotatable bonds is 2. The average molecular weight is 212 g/mol. The Balaban J connectivity index is 2.11. The zero-order valence-electron chi connectivity index (χ0n) is 8.95. The second-order valence-corrected chi connectivity index (χ2v) is 4.24. The van der Waals surface area contributed by atoms with E-state index >= 15 is 0 Å². The Morgan fingerprint density at radius 1 is 1.60 bits per heavy atom. The molecule has 0 aromatic carbocycles. The van der Waals surface area contributed by atoms with Crippen molar-refractivity contribution >= 4 is 11.9 Å². The molecule has 1 aliphatic heterocycles. The third kappa shape index (κ3) is 1.73. The molecule has 2 rings (SSSR count). The molecule has 2 unspecified atom stereocenters. The predicted molar refractivity (Wildman–Crippen MR) is 52.0 cm³/mol. The van der Waals surface area contributed by atoms with Crippen molar-refractivity contribution < 1.29 is 19.1 Å². The lowest BCUT2D eigenvalue weighted by atomic mass is 9.88. The SMILES string of the molecule is CCOC(=O)C1CCCC12CCC(=O)O2. The lowest BCUT2D eigenvalue weighted by molar-refractivity contribution is -0.163. The van der Waals surface area contributed by atoms with Crippen molar-refractivity contribution in [2.45, 2.75) is 44.6 Å². The third-order valence-corrected chi connectivity index (χ3v) is 3.37.